The summed E-state index contributed by atoms with van der Waals surface area (Å²) in [7, 11) is 0. The number of benzene rings is 1. The van der Waals surface area contributed by atoms with Crippen LogP contribution in [0, 0.1) is 26.7 Å². The first-order chi connectivity index (χ1) is 10.9. The van der Waals surface area contributed by atoms with Crippen LogP contribution in [0.5, 0.6) is 5.75 Å². The van der Waals surface area contributed by atoms with Gasteiger partial charge in [0, 0.05) is 6.42 Å². The molecule has 1 aromatic rings. The van der Waals surface area contributed by atoms with Gasteiger partial charge < -0.3 is 14.2 Å². The normalized spacial score (nSPS) is 10.5. The van der Waals surface area contributed by atoms with Crippen molar-refractivity contribution in [3.05, 3.63) is 28.8 Å². The van der Waals surface area contributed by atoms with Gasteiger partial charge in [-0.3, -0.25) is 9.59 Å². The number of carbonyl (C=O) groups is 2. The fourth-order valence-corrected chi connectivity index (χ4v) is 2.26. The van der Waals surface area contributed by atoms with E-state index in [1.807, 2.05) is 26.8 Å². The van der Waals surface area contributed by atoms with Crippen molar-refractivity contribution < 1.29 is 23.8 Å². The Morgan fingerprint density at radius 2 is 1.57 bits per heavy atom. The summed E-state index contributed by atoms with van der Waals surface area (Å²) >= 11 is 0. The lowest BCUT2D eigenvalue weighted by Crippen LogP contribution is -2.29. The van der Waals surface area contributed by atoms with E-state index >= 15 is 0 Å². The zero-order valence-electron chi connectivity index (χ0n) is 14.6. The molecule has 128 valence electrons. The van der Waals surface area contributed by atoms with Crippen molar-refractivity contribution in [2.45, 2.75) is 41.0 Å². The quantitative estimate of drug-likeness (QED) is 0.543. The van der Waals surface area contributed by atoms with Gasteiger partial charge in [0.25, 0.3) is 0 Å². The SMILES string of the molecule is CCOC(=O)C(CCOc1cc(C)cc(C)c1C)C(=O)OCC. The monoisotopic (exact) mass is 322 g/mol. The summed E-state index contributed by atoms with van der Waals surface area (Å²) in [6.45, 7) is 10.1. The van der Waals surface area contributed by atoms with Crippen LogP contribution in [0.4, 0.5) is 0 Å². The van der Waals surface area contributed by atoms with Crippen LogP contribution >= 0.6 is 0 Å². The first-order valence-electron chi connectivity index (χ1n) is 7.94. The van der Waals surface area contributed by atoms with Gasteiger partial charge in [-0.2, -0.15) is 0 Å². The zero-order chi connectivity index (χ0) is 17.4. The second-order valence-electron chi connectivity index (χ2n) is 5.40. The molecule has 23 heavy (non-hydrogen) atoms. The Morgan fingerprint density at radius 1 is 1.00 bits per heavy atom. The van der Waals surface area contributed by atoms with Gasteiger partial charge in [0.1, 0.15) is 5.75 Å². The van der Waals surface area contributed by atoms with Gasteiger partial charge in [-0.1, -0.05) is 6.07 Å². The van der Waals surface area contributed by atoms with E-state index in [9.17, 15) is 9.59 Å². The molecule has 0 aliphatic rings. The number of hydrogen-bond acceptors (Lipinski definition) is 5. The third-order valence-corrected chi connectivity index (χ3v) is 3.57. The lowest BCUT2D eigenvalue weighted by molar-refractivity contribution is -0.162. The molecule has 0 N–H and O–H groups in total. The lowest BCUT2D eigenvalue weighted by Gasteiger charge is -2.16. The maximum absolute atomic E-state index is 11.9. The van der Waals surface area contributed by atoms with E-state index in [1.165, 1.54) is 0 Å². The van der Waals surface area contributed by atoms with Crippen LogP contribution in [0.25, 0.3) is 0 Å². The maximum atomic E-state index is 11.9. The van der Waals surface area contributed by atoms with Crippen LogP contribution in [0.1, 0.15) is 37.0 Å². The molecular weight excluding hydrogens is 296 g/mol. The summed E-state index contributed by atoms with van der Waals surface area (Å²) < 4.78 is 15.7. The number of esters is 2. The highest BCUT2D eigenvalue weighted by molar-refractivity contribution is 5.94. The Kier molecular flexibility index (Phi) is 7.59. The minimum absolute atomic E-state index is 0.226. The molecule has 5 nitrogen and oxygen atoms in total. The summed E-state index contributed by atoms with van der Waals surface area (Å²) in [5.41, 5.74) is 3.31. The molecule has 0 aliphatic carbocycles. The molecule has 0 saturated heterocycles. The second-order valence-corrected chi connectivity index (χ2v) is 5.40. The van der Waals surface area contributed by atoms with Crippen molar-refractivity contribution in [2.75, 3.05) is 19.8 Å². The minimum atomic E-state index is -0.943. The van der Waals surface area contributed by atoms with Crippen LogP contribution in [0.15, 0.2) is 12.1 Å². The first-order valence-corrected chi connectivity index (χ1v) is 7.94. The third kappa shape index (κ3) is 5.58. The average molecular weight is 322 g/mol. The smallest absolute Gasteiger partial charge is 0.320 e. The molecule has 1 rings (SSSR count). The number of hydrogen-bond donors (Lipinski definition) is 0. The number of carbonyl (C=O) groups excluding carboxylic acids is 2. The number of ether oxygens (including phenoxy) is 3. The van der Waals surface area contributed by atoms with Crippen molar-refractivity contribution in [3.8, 4) is 5.75 Å². The Morgan fingerprint density at radius 3 is 2.09 bits per heavy atom. The summed E-state index contributed by atoms with van der Waals surface area (Å²) in [4.78, 5) is 23.8. The van der Waals surface area contributed by atoms with Gasteiger partial charge in [-0.15, -0.1) is 0 Å². The van der Waals surface area contributed by atoms with Crippen LogP contribution < -0.4 is 4.74 Å². The highest BCUT2D eigenvalue weighted by Crippen LogP contribution is 2.24. The maximum Gasteiger partial charge on any atom is 0.320 e. The number of aryl methyl sites for hydroxylation is 2. The van der Waals surface area contributed by atoms with Crippen molar-refractivity contribution in [1.82, 2.24) is 0 Å². The van der Waals surface area contributed by atoms with E-state index in [0.29, 0.717) is 0 Å². The molecule has 0 spiro atoms. The van der Waals surface area contributed by atoms with E-state index in [1.54, 1.807) is 13.8 Å². The summed E-state index contributed by atoms with van der Waals surface area (Å²) in [6.07, 6.45) is 0.226. The van der Waals surface area contributed by atoms with Gasteiger partial charge in [0.15, 0.2) is 5.92 Å². The van der Waals surface area contributed by atoms with Gasteiger partial charge in [0.05, 0.1) is 19.8 Å². The molecule has 0 aliphatic heterocycles. The fourth-order valence-electron chi connectivity index (χ4n) is 2.26. The Bertz CT molecular complexity index is 533. The highest BCUT2D eigenvalue weighted by atomic mass is 16.6. The molecular formula is C18H26O5. The van der Waals surface area contributed by atoms with Gasteiger partial charge in [-0.25, -0.2) is 0 Å². The average Bonchev–Trinajstić information content (AvgIpc) is 2.48. The molecule has 0 fully saturated rings. The van der Waals surface area contributed by atoms with Crippen molar-refractivity contribution >= 4 is 11.9 Å². The van der Waals surface area contributed by atoms with E-state index in [4.69, 9.17) is 14.2 Å². The molecule has 0 amide bonds. The first kappa shape index (κ1) is 19.0. The molecule has 5 heteroatoms. The Balaban J connectivity index is 2.72. The van der Waals surface area contributed by atoms with Crippen molar-refractivity contribution in [2.24, 2.45) is 5.92 Å². The Hall–Kier alpha value is -2.04. The fraction of sp³-hybridized carbons (Fsp3) is 0.556. The minimum Gasteiger partial charge on any atom is -0.493 e. The molecule has 1 aromatic carbocycles. The van der Waals surface area contributed by atoms with Crippen molar-refractivity contribution in [3.63, 3.8) is 0 Å². The van der Waals surface area contributed by atoms with Crippen LogP contribution in [0.2, 0.25) is 0 Å². The molecule has 0 atom stereocenters. The predicted molar refractivity (Wildman–Crippen MR) is 87.5 cm³/mol. The van der Waals surface area contributed by atoms with E-state index in [0.717, 1.165) is 22.4 Å². The third-order valence-electron chi connectivity index (χ3n) is 3.57. The molecule has 0 aromatic heterocycles. The predicted octanol–water partition coefficient (Wildman–Crippen LogP) is 3.12. The largest absolute Gasteiger partial charge is 0.493 e. The van der Waals surface area contributed by atoms with E-state index < -0.39 is 17.9 Å². The lowest BCUT2D eigenvalue weighted by atomic mass is 10.1. The molecule has 0 radical (unpaired) electrons. The summed E-state index contributed by atoms with van der Waals surface area (Å²) in [5.74, 6) is -1.30. The molecule has 0 unspecified atom stereocenters. The second kappa shape index (κ2) is 9.18. The van der Waals surface area contributed by atoms with E-state index in [2.05, 4.69) is 6.07 Å². The zero-order valence-corrected chi connectivity index (χ0v) is 14.6. The van der Waals surface area contributed by atoms with Crippen molar-refractivity contribution in [1.29, 1.82) is 0 Å². The summed E-state index contributed by atoms with van der Waals surface area (Å²) in [6, 6.07) is 4.04. The number of rotatable bonds is 8. The molecule has 0 bridgehead atoms. The Labute approximate surface area is 137 Å². The van der Waals surface area contributed by atoms with Crippen LogP contribution in [-0.4, -0.2) is 31.8 Å². The standard InChI is InChI=1S/C18H26O5/c1-6-21-17(19)15(18(20)22-7-2)8-9-23-16-11-12(3)10-13(4)14(16)5/h10-11,15H,6-9H2,1-5H3. The van der Waals surface area contributed by atoms with Gasteiger partial charge in [-0.05, 0) is 57.4 Å². The van der Waals surface area contributed by atoms with Gasteiger partial charge in [0.2, 0.25) is 0 Å². The molecule has 0 saturated carbocycles. The van der Waals surface area contributed by atoms with E-state index in [-0.39, 0.29) is 26.2 Å². The van der Waals surface area contributed by atoms with Crippen LogP contribution in [-0.2, 0) is 19.1 Å². The summed E-state index contributed by atoms with van der Waals surface area (Å²) in [5, 5.41) is 0. The highest BCUT2D eigenvalue weighted by Gasteiger charge is 2.29. The topological polar surface area (TPSA) is 61.8 Å². The molecule has 0 heterocycles. The van der Waals surface area contributed by atoms with Gasteiger partial charge >= 0.3 is 11.9 Å². The van der Waals surface area contributed by atoms with Crippen LogP contribution in [0.3, 0.4) is 0 Å².